The number of nitrogens with one attached hydrogen (secondary N) is 4. The van der Waals surface area contributed by atoms with Gasteiger partial charge in [-0.05, 0) is 29.8 Å². The summed E-state index contributed by atoms with van der Waals surface area (Å²) in [5.41, 5.74) is -3.83. The number of alkyl halides is 3. The highest BCUT2D eigenvalue weighted by Gasteiger charge is 2.45. The highest BCUT2D eigenvalue weighted by atomic mass is 32.2. The van der Waals surface area contributed by atoms with Crippen LogP contribution in [0.4, 0.5) is 28.9 Å². The normalized spacial score (nSPS) is 11.9. The molecule has 0 spiro atoms. The predicted molar refractivity (Wildman–Crippen MR) is 116 cm³/mol. The summed E-state index contributed by atoms with van der Waals surface area (Å²) in [5.74, 6) is -0.606. The maximum atomic E-state index is 13.6. The van der Waals surface area contributed by atoms with Crippen molar-refractivity contribution in [3.8, 4) is 10.4 Å². The van der Waals surface area contributed by atoms with Gasteiger partial charge in [-0.3, -0.25) is 5.41 Å². The molecule has 170 valence electrons. The van der Waals surface area contributed by atoms with E-state index in [2.05, 4.69) is 15.6 Å². The van der Waals surface area contributed by atoms with Crippen LogP contribution >= 0.6 is 11.3 Å². The first-order valence-corrected chi connectivity index (χ1v) is 11.3. The number of hydrogen-bond donors (Lipinski definition) is 4. The van der Waals surface area contributed by atoms with E-state index < -0.39 is 27.9 Å². The van der Waals surface area contributed by atoms with Gasteiger partial charge < -0.3 is 10.6 Å². The van der Waals surface area contributed by atoms with Gasteiger partial charge in [0.05, 0.1) is 15.6 Å². The fourth-order valence-electron chi connectivity index (χ4n) is 2.52. The summed E-state index contributed by atoms with van der Waals surface area (Å²) in [6.07, 6.45) is 1.56. The molecule has 13 heteroatoms. The number of halogens is 4. The molecule has 0 fully saturated rings. The number of thiazole rings is 1. The second-order valence-corrected chi connectivity index (χ2v) is 9.27. The van der Waals surface area contributed by atoms with Crippen LogP contribution in [0.5, 0.6) is 0 Å². The van der Waals surface area contributed by atoms with Crippen LogP contribution in [0.15, 0.2) is 54.7 Å². The molecule has 1 aromatic heterocycles. The summed E-state index contributed by atoms with van der Waals surface area (Å²) in [5, 5.41) is 13.8. The lowest BCUT2D eigenvalue weighted by molar-refractivity contribution is -0.0447. The summed E-state index contributed by atoms with van der Waals surface area (Å²) < 4.78 is 74.1. The van der Waals surface area contributed by atoms with Gasteiger partial charge in [-0.15, -0.1) is 11.3 Å². The predicted octanol–water partition coefficient (Wildman–Crippen LogP) is 4.39. The monoisotopic (exact) mass is 487 g/mol. The van der Waals surface area contributed by atoms with Crippen molar-refractivity contribution in [2.24, 2.45) is 0 Å². The molecule has 32 heavy (non-hydrogen) atoms. The number of sulfonamides is 1. The summed E-state index contributed by atoms with van der Waals surface area (Å²) in [6, 6.07) is 12.9. The van der Waals surface area contributed by atoms with Crippen molar-refractivity contribution >= 4 is 38.7 Å². The Kier molecular flexibility index (Phi) is 7.11. The Morgan fingerprint density at radius 2 is 1.75 bits per heavy atom. The number of anilines is 2. The van der Waals surface area contributed by atoms with E-state index in [0.29, 0.717) is 10.7 Å². The van der Waals surface area contributed by atoms with Crippen LogP contribution in [0.2, 0.25) is 0 Å². The fraction of sp³-hybridized carbons (Fsp3) is 0.158. The van der Waals surface area contributed by atoms with Crippen LogP contribution in [0.3, 0.4) is 0 Å². The summed E-state index contributed by atoms with van der Waals surface area (Å²) in [7, 11) is -5.37. The van der Waals surface area contributed by atoms with Crippen LogP contribution in [-0.4, -0.2) is 31.4 Å². The minimum atomic E-state index is -5.37. The molecule has 0 aliphatic heterocycles. The first kappa shape index (κ1) is 23.6. The Labute approximate surface area is 185 Å². The van der Waals surface area contributed by atoms with Crippen molar-refractivity contribution < 1.29 is 26.0 Å². The zero-order valence-electron chi connectivity index (χ0n) is 16.2. The number of aromatic nitrogens is 1. The van der Waals surface area contributed by atoms with Crippen molar-refractivity contribution in [3.05, 3.63) is 65.6 Å². The van der Waals surface area contributed by atoms with E-state index in [1.54, 1.807) is 42.6 Å². The molecule has 0 saturated carbocycles. The van der Waals surface area contributed by atoms with Gasteiger partial charge >= 0.3 is 15.5 Å². The van der Waals surface area contributed by atoms with Gasteiger partial charge in [0, 0.05) is 24.8 Å². The lowest BCUT2D eigenvalue weighted by Crippen LogP contribution is -2.37. The maximum absolute atomic E-state index is 13.6. The molecule has 1 heterocycles. The second-order valence-electron chi connectivity index (χ2n) is 6.39. The van der Waals surface area contributed by atoms with Crippen LogP contribution < -0.4 is 15.4 Å². The van der Waals surface area contributed by atoms with E-state index in [0.717, 1.165) is 10.4 Å². The van der Waals surface area contributed by atoms with Crippen LogP contribution in [-0.2, 0) is 16.4 Å². The fourth-order valence-corrected chi connectivity index (χ4v) is 3.98. The third-order valence-corrected chi connectivity index (χ3v) is 6.36. The van der Waals surface area contributed by atoms with E-state index in [9.17, 15) is 26.0 Å². The highest BCUT2D eigenvalue weighted by molar-refractivity contribution is 7.90. The number of benzene rings is 2. The molecule has 7 nitrogen and oxygen atoms in total. The lowest BCUT2D eigenvalue weighted by atomic mass is 10.2. The first-order chi connectivity index (χ1) is 15.0. The van der Waals surface area contributed by atoms with Crippen molar-refractivity contribution in [2.75, 3.05) is 17.2 Å². The third kappa shape index (κ3) is 6.02. The van der Waals surface area contributed by atoms with Crippen molar-refractivity contribution in [1.29, 1.82) is 5.41 Å². The number of guanidine groups is 1. The molecule has 3 rings (SSSR count). The smallest absolute Gasteiger partial charge is 0.326 e. The highest BCUT2D eigenvalue weighted by Crippen LogP contribution is 2.28. The molecule has 0 bridgehead atoms. The van der Waals surface area contributed by atoms with Gasteiger partial charge in [0.15, 0.2) is 5.96 Å². The Morgan fingerprint density at radius 3 is 2.41 bits per heavy atom. The zero-order valence-corrected chi connectivity index (χ0v) is 17.8. The second kappa shape index (κ2) is 9.63. The molecule has 3 aromatic rings. The molecule has 0 atom stereocenters. The lowest BCUT2D eigenvalue weighted by Gasteiger charge is -2.11. The molecule has 0 unspecified atom stereocenters. The number of para-hydroxylation sites is 1. The quantitative estimate of drug-likeness (QED) is 0.225. The van der Waals surface area contributed by atoms with Crippen LogP contribution in [0, 0.1) is 11.2 Å². The standard InChI is InChI=1S/C19H17F4N5O2S2/c20-14-3-1-2-4-15(14)28-18(24)27-13-7-5-12(6-8-13)16-11-25-17(31-16)9-10-26-32(29,30)19(21,22)23/h1-8,11,26H,9-10H2,(H3,24,27,28). The largest absolute Gasteiger partial charge is 0.511 e. The molecule has 0 amide bonds. The van der Waals surface area contributed by atoms with Gasteiger partial charge in [0.2, 0.25) is 0 Å². The SMILES string of the molecule is N=C(Nc1ccc(-c2cnc(CCNS(=O)(=O)C(F)(F)F)s2)cc1)Nc1ccccc1F. The number of rotatable bonds is 7. The van der Waals surface area contributed by atoms with Crippen molar-refractivity contribution in [1.82, 2.24) is 9.71 Å². The molecule has 4 N–H and O–H groups in total. The summed E-state index contributed by atoms with van der Waals surface area (Å²) in [6.45, 7) is -0.422. The van der Waals surface area contributed by atoms with E-state index in [1.165, 1.54) is 28.2 Å². The average molecular weight is 488 g/mol. The van der Waals surface area contributed by atoms with Gasteiger partial charge in [0.1, 0.15) is 5.82 Å². The van der Waals surface area contributed by atoms with Gasteiger partial charge in [-0.2, -0.15) is 13.2 Å². The van der Waals surface area contributed by atoms with Crippen LogP contribution in [0.25, 0.3) is 10.4 Å². The third-order valence-electron chi connectivity index (χ3n) is 4.06. The van der Waals surface area contributed by atoms with Gasteiger partial charge in [-0.25, -0.2) is 22.5 Å². The molecule has 0 aliphatic carbocycles. The Morgan fingerprint density at radius 1 is 1.06 bits per heavy atom. The Bertz CT molecular complexity index is 1190. The summed E-state index contributed by atoms with van der Waals surface area (Å²) in [4.78, 5) is 4.85. The molecular formula is C19H17F4N5O2S2. The number of hydrogen-bond acceptors (Lipinski definition) is 5. The van der Waals surface area contributed by atoms with Crippen molar-refractivity contribution in [3.63, 3.8) is 0 Å². The molecule has 0 aliphatic rings. The average Bonchev–Trinajstić information content (AvgIpc) is 3.18. The van der Waals surface area contributed by atoms with E-state index >= 15 is 0 Å². The van der Waals surface area contributed by atoms with E-state index in [1.807, 2.05) is 0 Å². The zero-order chi connectivity index (χ0) is 23.4. The topological polar surface area (TPSA) is 107 Å². The minimum absolute atomic E-state index is 0.0124. The number of nitrogens with zero attached hydrogens (tertiary/aromatic N) is 1. The van der Waals surface area contributed by atoms with Gasteiger partial charge in [0.25, 0.3) is 0 Å². The first-order valence-electron chi connectivity index (χ1n) is 9.03. The minimum Gasteiger partial charge on any atom is -0.326 e. The van der Waals surface area contributed by atoms with E-state index in [4.69, 9.17) is 5.41 Å². The molecule has 0 saturated heterocycles. The Balaban J connectivity index is 1.56. The Hall–Kier alpha value is -3.03. The van der Waals surface area contributed by atoms with Crippen molar-refractivity contribution in [2.45, 2.75) is 11.9 Å². The molecular weight excluding hydrogens is 470 g/mol. The molecule has 0 radical (unpaired) electrons. The summed E-state index contributed by atoms with van der Waals surface area (Å²) >= 11 is 1.22. The van der Waals surface area contributed by atoms with E-state index in [-0.39, 0.29) is 18.1 Å². The maximum Gasteiger partial charge on any atom is 0.511 e. The molecule has 2 aromatic carbocycles. The van der Waals surface area contributed by atoms with Gasteiger partial charge in [-0.1, -0.05) is 24.3 Å². The van der Waals surface area contributed by atoms with Crippen LogP contribution in [0.1, 0.15) is 5.01 Å².